The molecule has 6 aromatic carbocycles. The van der Waals surface area contributed by atoms with Gasteiger partial charge in [0.2, 0.25) is 0 Å². The van der Waals surface area contributed by atoms with Crippen LogP contribution in [0.25, 0.3) is 27.6 Å². The molecule has 0 N–H and O–H groups in total. The predicted molar refractivity (Wildman–Crippen MR) is 330 cm³/mol. The number of para-hydroxylation sites is 2. The van der Waals surface area contributed by atoms with E-state index >= 15 is 0 Å². The summed E-state index contributed by atoms with van der Waals surface area (Å²) in [5.74, 6) is 8.45. The van der Waals surface area contributed by atoms with Crippen molar-refractivity contribution in [3.8, 4) is 17.3 Å². The Bertz CT molecular complexity index is 3590. The van der Waals surface area contributed by atoms with E-state index in [2.05, 4.69) is 233 Å². The number of aromatic nitrogens is 2. The number of nitrogens with zero attached hydrogens (tertiary/aromatic N) is 4. The molecular weight excluding hydrogens is 973 g/mol. The first-order valence-electron chi connectivity index (χ1n) is 30.7. The fourth-order valence-corrected chi connectivity index (χ4v) is 18.7. The molecule has 80 heavy (non-hydrogen) atoms. The number of allylic oxidation sites excluding steroid dienone is 2. The summed E-state index contributed by atoms with van der Waals surface area (Å²) in [4.78, 5) is 10.4. The van der Waals surface area contributed by atoms with E-state index in [1.807, 2.05) is 6.20 Å². The number of pyridine rings is 1. The maximum Gasteiger partial charge on any atom is 0.137 e. The largest absolute Gasteiger partial charge is 0.457 e. The highest BCUT2D eigenvalue weighted by atomic mass is 16.5. The van der Waals surface area contributed by atoms with E-state index in [-0.39, 0.29) is 21.7 Å². The fourth-order valence-electron chi connectivity index (χ4n) is 18.7. The Morgan fingerprint density at radius 3 is 1.62 bits per heavy atom. The number of benzene rings is 6. The van der Waals surface area contributed by atoms with Gasteiger partial charge in [-0.2, -0.15) is 0 Å². The van der Waals surface area contributed by atoms with Crippen molar-refractivity contribution >= 4 is 33.2 Å². The normalized spacial score (nSPS) is 28.7. The smallest absolute Gasteiger partial charge is 0.137 e. The van der Waals surface area contributed by atoms with Crippen LogP contribution in [-0.2, 0) is 21.7 Å². The molecule has 8 aliphatic carbocycles. The maximum atomic E-state index is 7.21. The zero-order chi connectivity index (χ0) is 54.3. The molecule has 0 atom stereocenters. The molecule has 0 radical (unpaired) electrons. The van der Waals surface area contributed by atoms with Crippen LogP contribution in [0.15, 0.2) is 182 Å². The summed E-state index contributed by atoms with van der Waals surface area (Å²) in [7, 11) is 0. The summed E-state index contributed by atoms with van der Waals surface area (Å²) < 4.78 is 9.53. The molecule has 9 aliphatic rings. The topological polar surface area (TPSA) is 33.5 Å². The lowest BCUT2D eigenvalue weighted by Gasteiger charge is -2.64. The summed E-state index contributed by atoms with van der Waals surface area (Å²) in [6, 6.07) is 58.6. The Kier molecular flexibility index (Phi) is 11.7. The molecule has 1 aliphatic heterocycles. The van der Waals surface area contributed by atoms with Crippen LogP contribution in [0.1, 0.15) is 146 Å². The van der Waals surface area contributed by atoms with E-state index < -0.39 is 0 Å². The average Bonchev–Trinajstić information content (AvgIpc) is 3.65. The van der Waals surface area contributed by atoms with Gasteiger partial charge in [0.05, 0.1) is 29.1 Å². The number of ether oxygens (including phenoxy) is 1. The molecular formula is C75H80N4O. The lowest BCUT2D eigenvalue weighted by atomic mass is 9.40. The standard InChI is InChI=1S/C75H80N4O/c1-8-18-60-46-77(47-78(60)61-41-55(73(5,6)7)42-63(44-61)80-62-27-28-65-64-23-15-16-26-68(64)79(69(65)45-62)70-43-54(29-30-76-70)72(2,3)4)71-66(74(52-19-11-9-12-20-52)56-33-48-31-49(35-56)36-57(74)34-48)24-17-25-67(71)75(53-21-13-10-14-22-53)58-37-50-32-51(39-58)40-59(75)38-50/h8-30,41-46,48-51,56-59H,31-40,47H2,1-7H3/b18-8-. The summed E-state index contributed by atoms with van der Waals surface area (Å²) in [6.07, 6.45) is 22.7. The lowest BCUT2D eigenvalue weighted by molar-refractivity contribution is -0.0443. The van der Waals surface area contributed by atoms with Gasteiger partial charge >= 0.3 is 0 Å². The van der Waals surface area contributed by atoms with Gasteiger partial charge in [0, 0.05) is 51.8 Å². The van der Waals surface area contributed by atoms with Crippen molar-refractivity contribution in [2.45, 2.75) is 134 Å². The van der Waals surface area contributed by atoms with Gasteiger partial charge in [-0.15, -0.1) is 0 Å². The summed E-state index contributed by atoms with van der Waals surface area (Å²) in [5, 5.41) is 2.39. The number of fused-ring (bicyclic) bond motifs is 3. The second-order valence-corrected chi connectivity index (χ2v) is 28.1. The van der Waals surface area contributed by atoms with Crippen molar-refractivity contribution in [1.82, 2.24) is 9.55 Å². The first-order valence-corrected chi connectivity index (χ1v) is 30.7. The van der Waals surface area contributed by atoms with E-state index in [9.17, 15) is 0 Å². The minimum absolute atomic E-state index is 0.0153. The third-order valence-corrected chi connectivity index (χ3v) is 21.6. The molecule has 0 unspecified atom stereocenters. The van der Waals surface area contributed by atoms with Crippen LogP contribution in [0, 0.1) is 47.3 Å². The number of hydrogen-bond acceptors (Lipinski definition) is 4. The second-order valence-electron chi connectivity index (χ2n) is 28.1. The summed E-state index contributed by atoms with van der Waals surface area (Å²) >= 11 is 0. The van der Waals surface area contributed by atoms with Gasteiger partial charge in [-0.3, -0.25) is 4.57 Å². The quantitative estimate of drug-likeness (QED) is 0.137. The Morgan fingerprint density at radius 1 is 0.512 bits per heavy atom. The SMILES string of the molecule is C/C=C\C1=CN(c2c(C3(c4ccccc4)C4CC5CC(C4)CC3C5)cccc2C2(c3ccccc3)C3CC4CC(C3)CC2C4)CN1c1cc(Oc2ccc3c4ccccc4n(-c4cc(C(C)(C)C)ccn4)c3c2)cc(C(C)(C)C)c1. The first-order chi connectivity index (χ1) is 38.8. The third-order valence-electron chi connectivity index (χ3n) is 21.6. The van der Waals surface area contributed by atoms with E-state index in [1.54, 1.807) is 22.3 Å². The first kappa shape index (κ1) is 50.1. The van der Waals surface area contributed by atoms with Crippen LogP contribution >= 0.6 is 0 Å². The van der Waals surface area contributed by atoms with Crippen LogP contribution < -0.4 is 14.5 Å². The molecule has 2 aromatic heterocycles. The molecule has 5 nitrogen and oxygen atoms in total. The Hall–Kier alpha value is -6.85. The molecule has 3 heterocycles. The summed E-state index contributed by atoms with van der Waals surface area (Å²) in [5.41, 5.74) is 14.6. The Morgan fingerprint density at radius 2 is 1.06 bits per heavy atom. The van der Waals surface area contributed by atoms with Crippen molar-refractivity contribution < 1.29 is 4.74 Å². The van der Waals surface area contributed by atoms with Gasteiger partial charge < -0.3 is 14.5 Å². The molecule has 5 heteroatoms. The van der Waals surface area contributed by atoms with Gasteiger partial charge in [-0.1, -0.05) is 145 Å². The Labute approximate surface area is 475 Å². The van der Waals surface area contributed by atoms with Crippen LogP contribution in [-0.4, -0.2) is 16.2 Å². The van der Waals surface area contributed by atoms with Crippen LogP contribution in [0.3, 0.4) is 0 Å². The zero-order valence-electron chi connectivity index (χ0n) is 48.3. The monoisotopic (exact) mass is 1050 g/mol. The van der Waals surface area contributed by atoms with Crippen molar-refractivity contribution in [3.05, 3.63) is 215 Å². The number of hydrogen-bond donors (Lipinski definition) is 0. The van der Waals surface area contributed by atoms with Gasteiger partial charge in [0.15, 0.2) is 0 Å². The van der Waals surface area contributed by atoms with Crippen LogP contribution in [0.4, 0.5) is 11.4 Å². The molecule has 8 aromatic rings. The second kappa shape index (κ2) is 18.6. The van der Waals surface area contributed by atoms with Crippen molar-refractivity contribution in [3.63, 3.8) is 0 Å². The van der Waals surface area contributed by atoms with E-state index in [1.165, 1.54) is 97.5 Å². The van der Waals surface area contributed by atoms with Gasteiger partial charge in [-0.05, 0) is 211 Å². The minimum Gasteiger partial charge on any atom is -0.457 e. The molecule has 8 saturated carbocycles. The highest BCUT2D eigenvalue weighted by molar-refractivity contribution is 6.09. The molecule has 0 saturated heterocycles. The van der Waals surface area contributed by atoms with Crippen molar-refractivity contribution in [2.24, 2.45) is 47.3 Å². The van der Waals surface area contributed by atoms with E-state index in [0.29, 0.717) is 30.3 Å². The number of rotatable bonds is 10. The predicted octanol–water partition coefficient (Wildman–Crippen LogP) is 18.8. The van der Waals surface area contributed by atoms with E-state index in [4.69, 9.17) is 9.72 Å². The average molecular weight is 1050 g/mol. The molecule has 17 rings (SSSR count). The summed E-state index contributed by atoms with van der Waals surface area (Å²) in [6.45, 7) is 16.7. The zero-order valence-corrected chi connectivity index (χ0v) is 48.3. The number of anilines is 2. The van der Waals surface area contributed by atoms with Gasteiger partial charge in [-0.25, -0.2) is 4.98 Å². The molecule has 406 valence electrons. The highest BCUT2D eigenvalue weighted by Gasteiger charge is 2.63. The molecule has 8 bridgehead atoms. The van der Waals surface area contributed by atoms with Crippen molar-refractivity contribution in [1.29, 1.82) is 0 Å². The molecule has 8 fully saturated rings. The van der Waals surface area contributed by atoms with Crippen LogP contribution in [0.2, 0.25) is 0 Å². The third kappa shape index (κ3) is 7.78. The minimum atomic E-state index is -0.138. The Balaban J connectivity index is 0.894. The lowest BCUT2D eigenvalue weighted by Crippen LogP contribution is -2.58. The molecule has 0 spiro atoms. The van der Waals surface area contributed by atoms with Crippen molar-refractivity contribution in [2.75, 3.05) is 16.5 Å². The molecule has 0 amide bonds. The van der Waals surface area contributed by atoms with Gasteiger partial charge in [0.1, 0.15) is 17.3 Å². The van der Waals surface area contributed by atoms with Crippen LogP contribution in [0.5, 0.6) is 11.5 Å². The van der Waals surface area contributed by atoms with E-state index in [0.717, 1.165) is 57.7 Å². The fraction of sp³-hybridized carbons (Fsp3) is 0.400. The maximum absolute atomic E-state index is 7.21. The highest BCUT2D eigenvalue weighted by Crippen LogP contribution is 2.70. The van der Waals surface area contributed by atoms with Gasteiger partial charge in [0.25, 0.3) is 0 Å².